The summed E-state index contributed by atoms with van der Waals surface area (Å²) in [6.45, 7) is 35.5. The molecule has 0 radical (unpaired) electrons. The van der Waals surface area contributed by atoms with Crippen molar-refractivity contribution in [1.29, 1.82) is 0 Å². The first-order valence-corrected chi connectivity index (χ1v) is 39.9. The summed E-state index contributed by atoms with van der Waals surface area (Å²) in [6.07, 6.45) is -4.91. The Hall–Kier alpha value is -0.779. The quantitative estimate of drug-likeness (QED) is 0.0408. The second kappa shape index (κ2) is 30.3. The van der Waals surface area contributed by atoms with E-state index in [1.165, 1.54) is 0 Å². The number of likely N-dealkylation sites (N-methyl/N-ethyl adjacent to an activating group) is 1. The van der Waals surface area contributed by atoms with E-state index in [0.29, 0.717) is 51.7 Å². The van der Waals surface area contributed by atoms with Gasteiger partial charge in [-0.3, -0.25) is 13.8 Å². The highest BCUT2D eigenvalue weighted by atomic mass is 32.2. The maximum absolute atomic E-state index is 14.8. The lowest BCUT2D eigenvalue weighted by molar-refractivity contribution is -0.302. The van der Waals surface area contributed by atoms with Crippen molar-refractivity contribution in [2.24, 2.45) is 29.6 Å². The molecule has 3 aliphatic heterocycles. The number of hydrogen-bond acceptors (Lipinski definition) is 18. The first kappa shape index (κ1) is 68.5. The van der Waals surface area contributed by atoms with E-state index >= 15 is 0 Å². The maximum Gasteiger partial charge on any atom is 0.308 e. The van der Waals surface area contributed by atoms with E-state index in [2.05, 4.69) is 65.8 Å². The summed E-state index contributed by atoms with van der Waals surface area (Å²) in [5, 5.41) is 0. The molecule has 0 aromatic heterocycles. The minimum atomic E-state index is -3.92. The van der Waals surface area contributed by atoms with Crippen molar-refractivity contribution >= 4 is 46.8 Å². The van der Waals surface area contributed by atoms with Crippen LogP contribution < -0.4 is 0 Å². The molecule has 0 aromatic rings. The molecule has 22 heteroatoms. The Morgan fingerprint density at radius 2 is 1.24 bits per heavy atom. The fourth-order valence-corrected chi connectivity index (χ4v) is 15.1. The molecule has 1 unspecified atom stereocenters. The zero-order valence-corrected chi connectivity index (χ0v) is 54.2. The topological polar surface area (TPSA) is 192 Å². The van der Waals surface area contributed by atoms with Gasteiger partial charge in [0.15, 0.2) is 43.8 Å². The van der Waals surface area contributed by atoms with Crippen LogP contribution in [0.25, 0.3) is 0 Å². The SMILES string of the molecule is CCOC(C[C@H]1C[C@@H](C)C(=O)CCC(C)C[C@H](CO[C@@H]2O[C@H](C)[C@@H](O[Si](C)(C)C)[C@@H](OC)[C@H]2OC)[C@@H](CC)OC(=O)C[C@@H](O[Si](C)(C)C)[C@H](C)[C@H]1O[C@@H]1O[C@H](C)[C@@H](OS(C)(=O)=O)[C@H](N(C)C)[C@H]1O[Si](C)(C)C)OCC. The molecule has 3 heterocycles. The molecule has 442 valence electrons. The summed E-state index contributed by atoms with van der Waals surface area (Å²) in [4.78, 5) is 31.3. The second-order valence-corrected chi connectivity index (χ2v) is 39.7. The summed E-state index contributed by atoms with van der Waals surface area (Å²) in [6, 6.07) is -0.620. The minimum absolute atomic E-state index is 0.0603. The van der Waals surface area contributed by atoms with Crippen LogP contribution in [0, 0.1) is 29.6 Å². The third-order valence-corrected chi connectivity index (χ3v) is 17.8. The van der Waals surface area contributed by atoms with Gasteiger partial charge in [0, 0.05) is 58.0 Å². The van der Waals surface area contributed by atoms with E-state index < -0.39 is 133 Å². The number of ether oxygens (including phenoxy) is 9. The van der Waals surface area contributed by atoms with E-state index in [1.54, 1.807) is 21.1 Å². The molecule has 3 fully saturated rings. The van der Waals surface area contributed by atoms with Crippen LogP contribution in [0.15, 0.2) is 0 Å². The molecule has 0 aliphatic carbocycles. The molecule has 0 spiro atoms. The Kier molecular flexibility index (Phi) is 27.7. The van der Waals surface area contributed by atoms with Gasteiger partial charge in [0.1, 0.15) is 36.3 Å². The second-order valence-electron chi connectivity index (χ2n) is 24.7. The molecule has 0 amide bonds. The highest BCUT2D eigenvalue weighted by molar-refractivity contribution is 7.86. The molecule has 18 nitrogen and oxygen atoms in total. The molecule has 0 aromatic carbocycles. The van der Waals surface area contributed by atoms with Gasteiger partial charge in [-0.05, 0) is 138 Å². The van der Waals surface area contributed by atoms with Crippen molar-refractivity contribution in [2.45, 2.75) is 245 Å². The fourth-order valence-electron chi connectivity index (χ4n) is 11.0. The number of rotatable bonds is 23. The van der Waals surface area contributed by atoms with Gasteiger partial charge >= 0.3 is 5.97 Å². The summed E-state index contributed by atoms with van der Waals surface area (Å²) < 4.78 is 110. The Balaban J connectivity index is 2.22. The zero-order chi connectivity index (χ0) is 57.0. The van der Waals surface area contributed by atoms with Crippen molar-refractivity contribution in [3.63, 3.8) is 0 Å². The molecule has 3 aliphatic rings. The third kappa shape index (κ3) is 22.2. The number of Topliss-reactive ketones (excluding diaryl/α,β-unsaturated/α-hetero) is 1. The van der Waals surface area contributed by atoms with Gasteiger partial charge in [-0.2, -0.15) is 8.42 Å². The Labute approximate surface area is 457 Å². The third-order valence-electron chi connectivity index (χ3n) is 14.3. The van der Waals surface area contributed by atoms with Crippen molar-refractivity contribution < 1.29 is 78.1 Å². The van der Waals surface area contributed by atoms with Gasteiger partial charge in [-0.25, -0.2) is 0 Å². The summed E-state index contributed by atoms with van der Waals surface area (Å²) in [5.41, 5.74) is 0. The van der Waals surface area contributed by atoms with Gasteiger partial charge in [0.05, 0.1) is 55.8 Å². The van der Waals surface area contributed by atoms with Gasteiger partial charge < -0.3 is 60.8 Å². The standard InChI is InChI=1S/C53H105NO17SSi3/c1-23-41-39(32-63-52-51(60-12)50(59-11)48(37(8)64-52)70-74(17,18)19)28-33(4)26-27-40(55)34(5)29-38(30-44(61-24-2)62-25-3)46(35(6)42(31-43(56)66-41)69-73(14,15)16)67-53-49(71-75(20,21)22)45(54(9)10)47(36(7)65-53)68-72(13,57)58/h33-39,41-42,44-53H,23-32H2,1-22H3/t33?,34-,35+,36-,37-,38-,39-,41-,42-,45+,46-,47-,48-,49-,50-,51-,52-,53+/m1/s1. The minimum Gasteiger partial charge on any atom is -0.462 e. The van der Waals surface area contributed by atoms with Gasteiger partial charge in [-0.1, -0.05) is 27.7 Å². The predicted octanol–water partition coefficient (Wildman–Crippen LogP) is 8.63. The average Bonchev–Trinajstić information content (AvgIpc) is 3.27. The lowest BCUT2D eigenvalue weighted by atomic mass is 9.78. The number of esters is 1. The highest BCUT2D eigenvalue weighted by Gasteiger charge is 2.53. The first-order chi connectivity index (χ1) is 34.7. The highest BCUT2D eigenvalue weighted by Crippen LogP contribution is 2.40. The first-order valence-electron chi connectivity index (χ1n) is 27.8. The number of cyclic esters (lactones) is 1. The molecule has 3 saturated heterocycles. The zero-order valence-electron chi connectivity index (χ0n) is 50.3. The van der Waals surface area contributed by atoms with Crippen molar-refractivity contribution in [3.05, 3.63) is 0 Å². The Morgan fingerprint density at radius 3 is 1.75 bits per heavy atom. The van der Waals surface area contributed by atoms with E-state index in [4.69, 9.17) is 60.1 Å². The molecule has 75 heavy (non-hydrogen) atoms. The molecular formula is C53H105NO17SSi3. The fraction of sp³-hybridized carbons (Fsp3) is 0.962. The van der Waals surface area contributed by atoms with Crippen LogP contribution in [0.5, 0.6) is 0 Å². The normalized spacial score (nSPS) is 36.0. The number of hydrogen-bond donors (Lipinski definition) is 0. The molecular weight excluding hydrogens is 1040 g/mol. The van der Waals surface area contributed by atoms with Gasteiger partial charge in [0.2, 0.25) is 0 Å². The Bertz CT molecular complexity index is 1810. The Morgan fingerprint density at radius 1 is 0.693 bits per heavy atom. The van der Waals surface area contributed by atoms with E-state index in [9.17, 15) is 18.0 Å². The van der Waals surface area contributed by atoms with Crippen LogP contribution in [-0.4, -0.2) is 190 Å². The van der Waals surface area contributed by atoms with E-state index in [0.717, 1.165) is 6.26 Å². The van der Waals surface area contributed by atoms with Crippen LogP contribution in [-0.2, 0) is 79.8 Å². The van der Waals surface area contributed by atoms with Crippen LogP contribution in [0.1, 0.15) is 100 Å². The molecule has 0 bridgehead atoms. The van der Waals surface area contributed by atoms with Crippen LogP contribution in [0.2, 0.25) is 58.9 Å². The maximum atomic E-state index is 14.8. The summed E-state index contributed by atoms with van der Waals surface area (Å²) in [7, 11) is -3.78. The molecule has 0 saturated carbocycles. The number of carbonyl (C=O) groups excluding carboxylic acids is 2. The van der Waals surface area contributed by atoms with Crippen LogP contribution in [0.4, 0.5) is 0 Å². The van der Waals surface area contributed by atoms with Crippen molar-refractivity contribution in [1.82, 2.24) is 4.90 Å². The number of ketones is 1. The molecule has 0 N–H and O–H groups in total. The lowest BCUT2D eigenvalue weighted by Gasteiger charge is -2.50. The number of carbonyl (C=O) groups is 2. The monoisotopic (exact) mass is 1140 g/mol. The van der Waals surface area contributed by atoms with Gasteiger partial charge in [0.25, 0.3) is 10.1 Å². The van der Waals surface area contributed by atoms with E-state index in [-0.39, 0.29) is 42.9 Å². The molecule has 3 rings (SSSR count). The number of nitrogens with zero attached hydrogens (tertiary/aromatic N) is 1. The average molecular weight is 1140 g/mol. The predicted molar refractivity (Wildman–Crippen MR) is 297 cm³/mol. The lowest BCUT2D eigenvalue weighted by Crippen LogP contribution is -2.66. The summed E-state index contributed by atoms with van der Waals surface area (Å²) in [5.74, 6) is -1.81. The van der Waals surface area contributed by atoms with Gasteiger partial charge in [-0.15, -0.1) is 0 Å². The largest absolute Gasteiger partial charge is 0.462 e. The number of methoxy groups -OCH3 is 2. The summed E-state index contributed by atoms with van der Waals surface area (Å²) >= 11 is 0. The molecule has 18 atom stereocenters. The van der Waals surface area contributed by atoms with E-state index in [1.807, 2.05) is 60.5 Å². The smallest absolute Gasteiger partial charge is 0.308 e. The van der Waals surface area contributed by atoms with Crippen LogP contribution in [0.3, 0.4) is 0 Å². The van der Waals surface area contributed by atoms with Crippen molar-refractivity contribution in [3.8, 4) is 0 Å². The van der Waals surface area contributed by atoms with Crippen molar-refractivity contribution in [2.75, 3.05) is 54.4 Å². The van der Waals surface area contributed by atoms with Crippen LogP contribution >= 0.6 is 0 Å².